The number of aliphatic hydroxyl groups excluding tert-OH is 1. The molecule has 0 saturated carbocycles. The van der Waals surface area contributed by atoms with Crippen molar-refractivity contribution in [2.75, 3.05) is 0 Å². The van der Waals surface area contributed by atoms with Gasteiger partial charge in [-0.05, 0) is 30.2 Å². The average Bonchev–Trinajstić information content (AvgIpc) is 2.29. The van der Waals surface area contributed by atoms with Crippen molar-refractivity contribution in [1.82, 2.24) is 4.98 Å². The Balaban J connectivity index is 2.40. The van der Waals surface area contributed by atoms with Crippen LogP contribution in [0.2, 0.25) is 5.02 Å². The van der Waals surface area contributed by atoms with Crippen LogP contribution in [-0.4, -0.2) is 10.1 Å². The minimum absolute atomic E-state index is 0.637. The van der Waals surface area contributed by atoms with Crippen molar-refractivity contribution < 1.29 is 5.11 Å². The molecule has 1 heterocycles. The van der Waals surface area contributed by atoms with E-state index >= 15 is 0 Å². The molecule has 0 unspecified atom stereocenters. The van der Waals surface area contributed by atoms with E-state index in [4.69, 9.17) is 16.7 Å². The number of benzene rings is 1. The number of nitrogens with zero attached hydrogens (tertiary/aromatic N) is 1. The van der Waals surface area contributed by atoms with Crippen LogP contribution in [0.5, 0.6) is 0 Å². The molecule has 2 rings (SSSR count). The standard InChI is InChI=1S/C13H10ClNO/c14-11-4-5-12-10(3-1-2-8-16)6-7-15-13(12)9-11/h4-7,9,16H,1,3H2. The van der Waals surface area contributed by atoms with Gasteiger partial charge in [-0.25, -0.2) is 0 Å². The molecule has 0 fully saturated rings. The molecule has 0 amide bonds. The van der Waals surface area contributed by atoms with Crippen molar-refractivity contribution in [3.05, 3.63) is 41.0 Å². The lowest BCUT2D eigenvalue weighted by Gasteiger charge is -2.04. The molecule has 0 aliphatic carbocycles. The Morgan fingerprint density at radius 2 is 2.19 bits per heavy atom. The van der Waals surface area contributed by atoms with Gasteiger partial charge in [0.05, 0.1) is 5.52 Å². The topological polar surface area (TPSA) is 33.1 Å². The Morgan fingerprint density at radius 1 is 1.31 bits per heavy atom. The molecule has 0 atom stereocenters. The van der Waals surface area contributed by atoms with E-state index in [1.165, 1.54) is 5.56 Å². The minimum Gasteiger partial charge on any atom is -0.462 e. The van der Waals surface area contributed by atoms with Crippen LogP contribution in [0.25, 0.3) is 10.9 Å². The first-order valence-electron chi connectivity index (χ1n) is 4.96. The number of halogens is 1. The SMILES string of the molecule is OC#CCCc1ccnc2cc(Cl)ccc12. The highest BCUT2D eigenvalue weighted by Crippen LogP contribution is 2.21. The van der Waals surface area contributed by atoms with E-state index in [1.54, 1.807) is 6.20 Å². The third kappa shape index (κ3) is 2.26. The summed E-state index contributed by atoms with van der Waals surface area (Å²) in [6.45, 7) is 0. The summed E-state index contributed by atoms with van der Waals surface area (Å²) in [4.78, 5) is 4.26. The second-order valence-electron chi connectivity index (χ2n) is 3.42. The number of rotatable bonds is 2. The molecule has 2 aromatic rings. The first kappa shape index (κ1) is 10.8. The van der Waals surface area contributed by atoms with E-state index in [0.29, 0.717) is 11.4 Å². The second kappa shape index (κ2) is 4.87. The van der Waals surface area contributed by atoms with Crippen molar-refractivity contribution in [1.29, 1.82) is 0 Å². The first-order valence-corrected chi connectivity index (χ1v) is 5.34. The number of pyridine rings is 1. The maximum absolute atomic E-state index is 8.40. The summed E-state index contributed by atoms with van der Waals surface area (Å²) in [7, 11) is 0. The van der Waals surface area contributed by atoms with Gasteiger partial charge in [-0.3, -0.25) is 4.98 Å². The van der Waals surface area contributed by atoms with E-state index in [0.717, 1.165) is 17.3 Å². The lowest BCUT2D eigenvalue weighted by molar-refractivity contribution is 0.516. The number of aliphatic hydroxyl groups is 1. The predicted octanol–water partition coefficient (Wildman–Crippen LogP) is 3.15. The van der Waals surface area contributed by atoms with Crippen LogP contribution in [0.3, 0.4) is 0 Å². The molecule has 0 spiro atoms. The molecule has 0 radical (unpaired) electrons. The lowest BCUT2D eigenvalue weighted by atomic mass is 10.1. The highest BCUT2D eigenvalue weighted by atomic mass is 35.5. The maximum atomic E-state index is 8.40. The Bertz CT molecular complexity index is 569. The fourth-order valence-corrected chi connectivity index (χ4v) is 1.82. The Morgan fingerprint density at radius 3 is 3.00 bits per heavy atom. The first-order chi connectivity index (χ1) is 7.81. The molecule has 0 saturated heterocycles. The van der Waals surface area contributed by atoms with Gasteiger partial charge in [-0.2, -0.15) is 0 Å². The van der Waals surface area contributed by atoms with Crippen molar-refractivity contribution in [2.45, 2.75) is 12.8 Å². The van der Waals surface area contributed by atoms with Crippen molar-refractivity contribution in [2.24, 2.45) is 0 Å². The fourth-order valence-electron chi connectivity index (χ4n) is 1.65. The van der Waals surface area contributed by atoms with E-state index in [-0.39, 0.29) is 0 Å². The monoisotopic (exact) mass is 231 g/mol. The zero-order valence-electron chi connectivity index (χ0n) is 8.57. The molecule has 80 valence electrons. The predicted molar refractivity (Wildman–Crippen MR) is 64.8 cm³/mol. The van der Waals surface area contributed by atoms with Crippen LogP contribution in [0.1, 0.15) is 12.0 Å². The van der Waals surface area contributed by atoms with E-state index < -0.39 is 0 Å². The summed E-state index contributed by atoms with van der Waals surface area (Å²) in [5.41, 5.74) is 2.06. The smallest absolute Gasteiger partial charge is 0.107 e. The minimum atomic E-state index is 0.637. The van der Waals surface area contributed by atoms with Crippen LogP contribution in [0.4, 0.5) is 0 Å². The zero-order chi connectivity index (χ0) is 11.4. The number of aromatic nitrogens is 1. The fraction of sp³-hybridized carbons (Fsp3) is 0.154. The second-order valence-corrected chi connectivity index (χ2v) is 3.86. The van der Waals surface area contributed by atoms with Crippen LogP contribution in [0, 0.1) is 12.0 Å². The van der Waals surface area contributed by atoms with E-state index in [1.807, 2.05) is 30.4 Å². The quantitative estimate of drug-likeness (QED) is 0.806. The van der Waals surface area contributed by atoms with Crippen LogP contribution in [0.15, 0.2) is 30.5 Å². The van der Waals surface area contributed by atoms with Crippen LogP contribution < -0.4 is 0 Å². The Kier molecular flexibility index (Phi) is 3.28. The summed E-state index contributed by atoms with van der Waals surface area (Å²) in [6.07, 6.45) is 5.11. The Hall–Kier alpha value is -1.72. The van der Waals surface area contributed by atoms with Crippen molar-refractivity contribution in [3.8, 4) is 12.0 Å². The Labute approximate surface area is 98.9 Å². The number of aryl methyl sites for hydroxylation is 1. The van der Waals surface area contributed by atoms with Gasteiger partial charge in [0.25, 0.3) is 0 Å². The van der Waals surface area contributed by atoms with Gasteiger partial charge in [-0.1, -0.05) is 23.6 Å². The lowest BCUT2D eigenvalue weighted by Crippen LogP contribution is -1.88. The molecule has 1 aromatic heterocycles. The molecule has 0 bridgehead atoms. The number of hydrogen-bond donors (Lipinski definition) is 1. The highest BCUT2D eigenvalue weighted by molar-refractivity contribution is 6.31. The molecule has 2 nitrogen and oxygen atoms in total. The van der Waals surface area contributed by atoms with Gasteiger partial charge in [0.2, 0.25) is 0 Å². The molecule has 0 aliphatic rings. The third-order valence-electron chi connectivity index (χ3n) is 2.39. The molecule has 16 heavy (non-hydrogen) atoms. The van der Waals surface area contributed by atoms with Crippen LogP contribution in [-0.2, 0) is 6.42 Å². The van der Waals surface area contributed by atoms with E-state index in [9.17, 15) is 0 Å². The highest BCUT2D eigenvalue weighted by Gasteiger charge is 2.01. The molecular weight excluding hydrogens is 222 g/mol. The summed E-state index contributed by atoms with van der Waals surface area (Å²) in [5, 5.41) is 10.2. The molecule has 1 N–H and O–H groups in total. The summed E-state index contributed by atoms with van der Waals surface area (Å²) >= 11 is 5.90. The molecule has 1 aromatic carbocycles. The molecular formula is C13H10ClNO. The molecule has 3 heteroatoms. The van der Waals surface area contributed by atoms with Gasteiger partial charge >= 0.3 is 0 Å². The van der Waals surface area contributed by atoms with Gasteiger partial charge in [0.15, 0.2) is 0 Å². The largest absolute Gasteiger partial charge is 0.462 e. The normalized spacial score (nSPS) is 9.81. The van der Waals surface area contributed by atoms with Gasteiger partial charge in [0, 0.05) is 23.0 Å². The van der Waals surface area contributed by atoms with Gasteiger partial charge in [0.1, 0.15) is 6.11 Å². The third-order valence-corrected chi connectivity index (χ3v) is 2.63. The number of hydrogen-bond acceptors (Lipinski definition) is 2. The number of fused-ring (bicyclic) bond motifs is 1. The van der Waals surface area contributed by atoms with Crippen molar-refractivity contribution in [3.63, 3.8) is 0 Å². The average molecular weight is 232 g/mol. The van der Waals surface area contributed by atoms with Gasteiger partial charge in [-0.15, -0.1) is 0 Å². The van der Waals surface area contributed by atoms with Gasteiger partial charge < -0.3 is 5.11 Å². The zero-order valence-corrected chi connectivity index (χ0v) is 9.33. The summed E-state index contributed by atoms with van der Waals surface area (Å²) in [5.74, 6) is 2.63. The van der Waals surface area contributed by atoms with Crippen LogP contribution >= 0.6 is 11.6 Å². The maximum Gasteiger partial charge on any atom is 0.107 e. The summed E-state index contributed by atoms with van der Waals surface area (Å²) in [6, 6.07) is 7.63. The summed E-state index contributed by atoms with van der Waals surface area (Å²) < 4.78 is 0. The molecule has 0 aliphatic heterocycles. The van der Waals surface area contributed by atoms with E-state index in [2.05, 4.69) is 10.9 Å². The van der Waals surface area contributed by atoms with Crippen molar-refractivity contribution >= 4 is 22.5 Å².